The molecule has 0 bridgehead atoms. The van der Waals surface area contributed by atoms with Crippen LogP contribution in [0.3, 0.4) is 0 Å². The van der Waals surface area contributed by atoms with Crippen molar-refractivity contribution in [2.75, 3.05) is 13.2 Å². The van der Waals surface area contributed by atoms with Gasteiger partial charge in [0.15, 0.2) is 0 Å². The summed E-state index contributed by atoms with van der Waals surface area (Å²) in [7, 11) is 0. The van der Waals surface area contributed by atoms with Crippen LogP contribution in [0.2, 0.25) is 0 Å². The molecule has 0 radical (unpaired) electrons. The second-order valence-corrected chi connectivity index (χ2v) is 7.67. The molecule has 0 amide bonds. The zero-order chi connectivity index (χ0) is 18.2. The maximum atomic E-state index is 10.6. The summed E-state index contributed by atoms with van der Waals surface area (Å²) in [6, 6.07) is 0. The third-order valence-corrected chi connectivity index (χ3v) is 5.72. The van der Waals surface area contributed by atoms with Crippen molar-refractivity contribution in [2.24, 2.45) is 17.8 Å². The van der Waals surface area contributed by atoms with E-state index in [1.165, 1.54) is 0 Å². The van der Waals surface area contributed by atoms with Gasteiger partial charge in [-0.05, 0) is 19.3 Å². The maximum absolute atomic E-state index is 10.6. The van der Waals surface area contributed by atoms with Crippen LogP contribution in [0.15, 0.2) is 0 Å². The van der Waals surface area contributed by atoms with E-state index in [4.69, 9.17) is 9.47 Å². The van der Waals surface area contributed by atoms with Crippen LogP contribution in [0.1, 0.15) is 34.1 Å². The highest BCUT2D eigenvalue weighted by molar-refractivity contribution is 5.05. The average Bonchev–Trinajstić information content (AvgIpc) is 3.16. The van der Waals surface area contributed by atoms with Gasteiger partial charge >= 0.3 is 0 Å². The predicted molar refractivity (Wildman–Crippen MR) is 86.2 cm³/mol. The Bertz CT molecular complexity index is 418. The van der Waals surface area contributed by atoms with Crippen molar-refractivity contribution < 1.29 is 35.0 Å². The molecule has 2 rings (SSSR count). The van der Waals surface area contributed by atoms with Gasteiger partial charge in [0.25, 0.3) is 0 Å². The average molecular weight is 348 g/mol. The molecule has 142 valence electrons. The van der Waals surface area contributed by atoms with Crippen molar-refractivity contribution in [3.05, 3.63) is 0 Å². The number of hydrogen-bond donors (Lipinski definition) is 5. The summed E-state index contributed by atoms with van der Waals surface area (Å²) in [6.07, 6.45) is -4.23. The lowest BCUT2D eigenvalue weighted by molar-refractivity contribution is -0.270. The molecule has 0 aromatic carbocycles. The Hall–Kier alpha value is -0.280. The van der Waals surface area contributed by atoms with Crippen LogP contribution in [0.25, 0.3) is 0 Å². The van der Waals surface area contributed by atoms with Gasteiger partial charge in [0.05, 0.1) is 43.2 Å². The van der Waals surface area contributed by atoms with Gasteiger partial charge in [-0.3, -0.25) is 0 Å². The lowest BCUT2D eigenvalue weighted by Gasteiger charge is -2.50. The second kappa shape index (κ2) is 7.53. The summed E-state index contributed by atoms with van der Waals surface area (Å²) in [5.41, 5.74) is -0.820. The number of aliphatic hydroxyl groups excluding tert-OH is 5. The minimum atomic E-state index is -1.16. The molecule has 0 spiro atoms. The van der Waals surface area contributed by atoms with Gasteiger partial charge in [-0.15, -0.1) is 0 Å². The molecule has 2 aliphatic rings. The quantitative estimate of drug-likeness (QED) is 0.412. The number of hydrogen-bond acceptors (Lipinski definition) is 7. The molecule has 1 aliphatic heterocycles. The third-order valence-electron chi connectivity index (χ3n) is 5.72. The fraction of sp³-hybridized carbons (Fsp3) is 1.00. The van der Waals surface area contributed by atoms with E-state index in [1.807, 2.05) is 27.7 Å². The van der Waals surface area contributed by atoms with Crippen LogP contribution in [0.5, 0.6) is 0 Å². The predicted octanol–water partition coefficient (Wildman–Crippen LogP) is -0.723. The van der Waals surface area contributed by atoms with E-state index in [1.54, 1.807) is 0 Å². The summed E-state index contributed by atoms with van der Waals surface area (Å²) in [6.45, 7) is 7.11. The number of rotatable bonds is 7. The van der Waals surface area contributed by atoms with Crippen molar-refractivity contribution in [2.45, 2.75) is 76.3 Å². The van der Waals surface area contributed by atoms with Gasteiger partial charge in [0, 0.05) is 11.8 Å². The summed E-state index contributed by atoms with van der Waals surface area (Å²) in [5, 5.41) is 49.3. The first-order valence-corrected chi connectivity index (χ1v) is 8.81. The van der Waals surface area contributed by atoms with Crippen molar-refractivity contribution in [3.8, 4) is 0 Å². The van der Waals surface area contributed by atoms with E-state index in [0.29, 0.717) is 6.42 Å². The Labute approximate surface area is 143 Å². The summed E-state index contributed by atoms with van der Waals surface area (Å²) in [4.78, 5) is 0. The monoisotopic (exact) mass is 348 g/mol. The zero-order valence-electron chi connectivity index (χ0n) is 14.9. The third kappa shape index (κ3) is 3.49. The topological polar surface area (TPSA) is 120 Å². The van der Waals surface area contributed by atoms with Crippen molar-refractivity contribution in [3.63, 3.8) is 0 Å². The van der Waals surface area contributed by atoms with Crippen molar-refractivity contribution in [1.29, 1.82) is 0 Å². The molecule has 2 fully saturated rings. The molecule has 5 N–H and O–H groups in total. The molecule has 1 saturated heterocycles. The van der Waals surface area contributed by atoms with Crippen molar-refractivity contribution >= 4 is 0 Å². The van der Waals surface area contributed by atoms with Gasteiger partial charge in [-0.25, -0.2) is 0 Å². The number of aliphatic hydroxyl groups is 5. The van der Waals surface area contributed by atoms with Crippen LogP contribution in [-0.4, -0.2) is 81.0 Å². The normalized spacial score (nSPS) is 45.2. The van der Waals surface area contributed by atoms with E-state index in [9.17, 15) is 25.5 Å². The molecule has 9 atom stereocenters. The highest BCUT2D eigenvalue weighted by Gasteiger charge is 2.57. The SMILES string of the molecule is CCC(C)(OC1C(O)C1CO)C1OC(CO)C(O)C(O)C1C(C)C. The molecule has 0 aromatic rings. The summed E-state index contributed by atoms with van der Waals surface area (Å²) >= 11 is 0. The molecule has 7 heteroatoms. The largest absolute Gasteiger partial charge is 0.396 e. The Morgan fingerprint density at radius 3 is 2.08 bits per heavy atom. The van der Waals surface area contributed by atoms with Gasteiger partial charge < -0.3 is 35.0 Å². The van der Waals surface area contributed by atoms with E-state index in [0.717, 1.165) is 0 Å². The molecule has 1 saturated carbocycles. The van der Waals surface area contributed by atoms with Crippen LogP contribution in [0.4, 0.5) is 0 Å². The summed E-state index contributed by atoms with van der Waals surface area (Å²) in [5.74, 6) is -0.663. The highest BCUT2D eigenvalue weighted by Crippen LogP contribution is 2.44. The van der Waals surface area contributed by atoms with Gasteiger partial charge in [-0.1, -0.05) is 20.8 Å². The minimum Gasteiger partial charge on any atom is -0.396 e. The van der Waals surface area contributed by atoms with Gasteiger partial charge in [0.1, 0.15) is 12.2 Å². The van der Waals surface area contributed by atoms with Crippen LogP contribution >= 0.6 is 0 Å². The number of ether oxygens (including phenoxy) is 2. The maximum Gasteiger partial charge on any atom is 0.109 e. The molecule has 0 aromatic heterocycles. The van der Waals surface area contributed by atoms with Crippen molar-refractivity contribution in [1.82, 2.24) is 0 Å². The van der Waals surface area contributed by atoms with Gasteiger partial charge in [0.2, 0.25) is 0 Å². The van der Waals surface area contributed by atoms with E-state index in [-0.39, 0.29) is 24.4 Å². The first-order valence-electron chi connectivity index (χ1n) is 8.81. The Morgan fingerprint density at radius 1 is 1.04 bits per heavy atom. The van der Waals surface area contributed by atoms with Crippen LogP contribution in [0, 0.1) is 17.8 Å². The highest BCUT2D eigenvalue weighted by atomic mass is 16.6. The lowest BCUT2D eigenvalue weighted by Crippen LogP contribution is -2.63. The molecule has 7 nitrogen and oxygen atoms in total. The second-order valence-electron chi connectivity index (χ2n) is 7.67. The molecule has 24 heavy (non-hydrogen) atoms. The zero-order valence-corrected chi connectivity index (χ0v) is 14.9. The molecule has 9 unspecified atom stereocenters. The van der Waals surface area contributed by atoms with Gasteiger partial charge in [-0.2, -0.15) is 0 Å². The van der Waals surface area contributed by atoms with E-state index < -0.39 is 48.8 Å². The van der Waals surface area contributed by atoms with Crippen LogP contribution in [-0.2, 0) is 9.47 Å². The summed E-state index contributed by atoms with van der Waals surface area (Å²) < 4.78 is 12.1. The lowest BCUT2D eigenvalue weighted by atomic mass is 9.73. The molecule has 1 aliphatic carbocycles. The first-order chi connectivity index (χ1) is 11.2. The van der Waals surface area contributed by atoms with E-state index >= 15 is 0 Å². The fourth-order valence-corrected chi connectivity index (χ4v) is 3.79. The Balaban J connectivity index is 2.25. The Morgan fingerprint density at radius 2 is 1.67 bits per heavy atom. The first kappa shape index (κ1) is 20.0. The molecular weight excluding hydrogens is 316 g/mol. The molecule has 1 heterocycles. The fourth-order valence-electron chi connectivity index (χ4n) is 3.79. The van der Waals surface area contributed by atoms with Crippen LogP contribution < -0.4 is 0 Å². The Kier molecular flexibility index (Phi) is 6.29. The smallest absolute Gasteiger partial charge is 0.109 e. The molecular formula is C17H32O7. The minimum absolute atomic E-state index is 0.0199. The van der Waals surface area contributed by atoms with E-state index in [2.05, 4.69) is 0 Å². The standard InChI is InChI=1S/C17H32O7/c1-5-17(4,24-15-9(6-18)12(15)20)16-11(8(2)3)14(22)13(21)10(7-19)23-16/h8-16,18-22H,5-7H2,1-4H3.